The second kappa shape index (κ2) is 5.53. The predicted octanol–water partition coefficient (Wildman–Crippen LogP) is 0.414. The van der Waals surface area contributed by atoms with E-state index in [-0.39, 0.29) is 0 Å². The Balaban J connectivity index is 1.93. The van der Waals surface area contributed by atoms with Crippen LogP contribution in [0.3, 0.4) is 0 Å². The lowest BCUT2D eigenvalue weighted by atomic mass is 10.2. The fourth-order valence-corrected chi connectivity index (χ4v) is 2.97. The van der Waals surface area contributed by atoms with Gasteiger partial charge in [-0.2, -0.15) is 0 Å². The van der Waals surface area contributed by atoms with Crippen LogP contribution < -0.4 is 26.0 Å². The molecule has 0 saturated heterocycles. The van der Waals surface area contributed by atoms with Crippen molar-refractivity contribution in [3.63, 3.8) is 0 Å². The summed E-state index contributed by atoms with van der Waals surface area (Å²) in [5.41, 5.74) is 4.30. The second-order valence-corrected chi connectivity index (χ2v) is 5.93. The van der Waals surface area contributed by atoms with Crippen LogP contribution in [0.2, 0.25) is 0 Å². The number of fused-ring (bicyclic) bond motifs is 1. The van der Waals surface area contributed by atoms with Crippen molar-refractivity contribution in [2.75, 3.05) is 7.11 Å². The third kappa shape index (κ3) is 2.44. The van der Waals surface area contributed by atoms with Gasteiger partial charge in [-0.3, -0.25) is 4.98 Å². The number of nitrogens with zero attached hydrogens (tertiary/aromatic N) is 2. The van der Waals surface area contributed by atoms with Crippen LogP contribution in [-0.2, 0) is 0 Å². The second-order valence-electron chi connectivity index (χ2n) is 5.93. The summed E-state index contributed by atoms with van der Waals surface area (Å²) in [5.74, 6) is 0.793. The summed E-state index contributed by atoms with van der Waals surface area (Å²) in [7, 11) is 1.68. The van der Waals surface area contributed by atoms with Crippen LogP contribution in [0.1, 0.15) is 17.0 Å². The molecule has 4 rings (SSSR count). The number of nitrogens with one attached hydrogen (secondary N) is 2. The zero-order valence-corrected chi connectivity index (χ0v) is 13.8. The van der Waals surface area contributed by atoms with Crippen molar-refractivity contribution in [2.24, 2.45) is 4.99 Å². The highest BCUT2D eigenvalue weighted by Crippen LogP contribution is 2.10. The van der Waals surface area contributed by atoms with E-state index in [0.717, 1.165) is 44.1 Å². The summed E-state index contributed by atoms with van der Waals surface area (Å²) in [4.78, 5) is 15.5. The molecule has 2 N–H and O–H groups in total. The van der Waals surface area contributed by atoms with E-state index in [1.54, 1.807) is 19.5 Å². The fraction of sp³-hybridized carbons (Fsp3) is 0.158. The quantitative estimate of drug-likeness (QED) is 0.719. The van der Waals surface area contributed by atoms with Gasteiger partial charge in [0.1, 0.15) is 5.75 Å². The molecule has 0 amide bonds. The molecular formula is C19H18N4O. The topological polar surface area (TPSA) is 66.1 Å². The Morgan fingerprint density at radius 1 is 1.17 bits per heavy atom. The Morgan fingerprint density at radius 2 is 2.04 bits per heavy atom. The van der Waals surface area contributed by atoms with E-state index in [4.69, 9.17) is 4.74 Å². The monoisotopic (exact) mass is 318 g/mol. The fourth-order valence-electron chi connectivity index (χ4n) is 2.97. The van der Waals surface area contributed by atoms with Crippen molar-refractivity contribution in [1.82, 2.24) is 15.0 Å². The number of hydrogen-bond acceptors (Lipinski definition) is 3. The first-order valence-corrected chi connectivity index (χ1v) is 7.80. The van der Waals surface area contributed by atoms with Gasteiger partial charge in [-0.15, -0.1) is 0 Å². The number of ether oxygens (including phenoxy) is 1. The Labute approximate surface area is 138 Å². The Bertz CT molecular complexity index is 1130. The molecule has 5 heteroatoms. The molecule has 0 saturated carbocycles. The normalized spacial score (nSPS) is 15.9. The van der Waals surface area contributed by atoms with Crippen molar-refractivity contribution < 1.29 is 4.74 Å². The maximum atomic E-state index is 5.52. The summed E-state index contributed by atoms with van der Waals surface area (Å²) in [5, 5.41) is 3.82. The van der Waals surface area contributed by atoms with Gasteiger partial charge in [0.25, 0.3) is 0 Å². The number of methoxy groups -OCH3 is 1. The van der Waals surface area contributed by atoms with Gasteiger partial charge in [-0.1, -0.05) is 0 Å². The van der Waals surface area contributed by atoms with Crippen LogP contribution in [0.5, 0.6) is 5.75 Å². The summed E-state index contributed by atoms with van der Waals surface area (Å²) in [6, 6.07) is 6.07. The summed E-state index contributed by atoms with van der Waals surface area (Å²) in [6.45, 7) is 4.14. The van der Waals surface area contributed by atoms with Crippen LogP contribution in [0.25, 0.3) is 17.8 Å². The maximum absolute atomic E-state index is 5.52. The van der Waals surface area contributed by atoms with Crippen LogP contribution in [-0.4, -0.2) is 22.1 Å². The number of pyridine rings is 1. The lowest BCUT2D eigenvalue weighted by Gasteiger charge is -1.94. The van der Waals surface area contributed by atoms with E-state index in [2.05, 4.69) is 52.0 Å². The van der Waals surface area contributed by atoms with E-state index in [0.29, 0.717) is 0 Å². The van der Waals surface area contributed by atoms with Gasteiger partial charge in [0.2, 0.25) is 0 Å². The molecule has 120 valence electrons. The predicted molar refractivity (Wildman–Crippen MR) is 93.3 cm³/mol. The van der Waals surface area contributed by atoms with Crippen molar-refractivity contribution in [3.8, 4) is 5.75 Å². The first kappa shape index (κ1) is 14.5. The number of aryl methyl sites for hydroxylation is 2. The average molecular weight is 318 g/mol. The molecule has 5 nitrogen and oxygen atoms in total. The van der Waals surface area contributed by atoms with Crippen molar-refractivity contribution in [2.45, 2.75) is 13.8 Å². The Hall–Kier alpha value is -3.08. The average Bonchev–Trinajstić information content (AvgIpc) is 3.24. The molecule has 1 aliphatic rings. The van der Waals surface area contributed by atoms with E-state index in [1.165, 1.54) is 5.56 Å². The summed E-state index contributed by atoms with van der Waals surface area (Å²) < 4.78 is 5.52. The molecule has 0 fully saturated rings. The molecule has 0 aromatic carbocycles. The third-order valence-corrected chi connectivity index (χ3v) is 4.15. The molecule has 0 atom stereocenters. The van der Waals surface area contributed by atoms with E-state index < -0.39 is 0 Å². The zero-order valence-electron chi connectivity index (χ0n) is 13.8. The first-order chi connectivity index (χ1) is 11.6. The van der Waals surface area contributed by atoms with Gasteiger partial charge in [-0.25, -0.2) is 4.99 Å². The molecule has 3 aromatic heterocycles. The van der Waals surface area contributed by atoms with Crippen LogP contribution in [0, 0.1) is 13.8 Å². The SMILES string of the molecule is COc1cc(=C2C=c3ccncc3=N2)[nH]c1=Cc1[nH]c(C)cc1C. The molecule has 24 heavy (non-hydrogen) atoms. The van der Waals surface area contributed by atoms with Gasteiger partial charge >= 0.3 is 0 Å². The highest BCUT2D eigenvalue weighted by Gasteiger charge is 2.06. The van der Waals surface area contributed by atoms with E-state index in [1.807, 2.05) is 12.1 Å². The summed E-state index contributed by atoms with van der Waals surface area (Å²) >= 11 is 0. The lowest BCUT2D eigenvalue weighted by Crippen LogP contribution is -2.20. The summed E-state index contributed by atoms with van der Waals surface area (Å²) in [6.07, 6.45) is 7.67. The van der Waals surface area contributed by atoms with E-state index in [9.17, 15) is 0 Å². The number of rotatable bonds is 2. The number of aromatic nitrogens is 3. The smallest absolute Gasteiger partial charge is 0.144 e. The van der Waals surface area contributed by atoms with E-state index >= 15 is 0 Å². The van der Waals surface area contributed by atoms with Crippen molar-refractivity contribution in [1.29, 1.82) is 0 Å². The zero-order chi connectivity index (χ0) is 16.7. The largest absolute Gasteiger partial charge is 0.494 e. The van der Waals surface area contributed by atoms with Crippen LogP contribution in [0.4, 0.5) is 0 Å². The van der Waals surface area contributed by atoms with Crippen LogP contribution >= 0.6 is 0 Å². The molecule has 0 unspecified atom stereocenters. The van der Waals surface area contributed by atoms with Gasteiger partial charge < -0.3 is 14.7 Å². The standard InChI is InChI=1S/C19H18N4O/c1-11-6-12(2)21-14(11)8-17-19(24-3)9-16(22-17)15-7-13-4-5-20-10-18(13)23-15/h4-10,21-22H,1-3H3. The first-order valence-electron chi connectivity index (χ1n) is 7.80. The minimum absolute atomic E-state index is 0.793. The molecule has 0 aliphatic carbocycles. The van der Waals surface area contributed by atoms with Gasteiger partial charge in [-0.05, 0) is 43.7 Å². The van der Waals surface area contributed by atoms with Gasteiger partial charge in [0.05, 0.1) is 35.1 Å². The number of aromatic amines is 2. The van der Waals surface area contributed by atoms with Crippen molar-refractivity contribution >= 4 is 17.8 Å². The van der Waals surface area contributed by atoms with Gasteiger partial charge in [0.15, 0.2) is 0 Å². The van der Waals surface area contributed by atoms with Gasteiger partial charge in [0, 0.05) is 28.9 Å². The molecule has 0 radical (unpaired) electrons. The minimum Gasteiger partial charge on any atom is -0.494 e. The third-order valence-electron chi connectivity index (χ3n) is 4.15. The number of H-pyrrole nitrogens is 2. The number of hydrogen-bond donors (Lipinski definition) is 2. The Morgan fingerprint density at radius 3 is 2.75 bits per heavy atom. The molecular weight excluding hydrogens is 300 g/mol. The maximum Gasteiger partial charge on any atom is 0.144 e. The van der Waals surface area contributed by atoms with Crippen LogP contribution in [0.15, 0.2) is 35.6 Å². The lowest BCUT2D eigenvalue weighted by molar-refractivity contribution is 0.412. The Kier molecular flexibility index (Phi) is 3.34. The molecule has 0 bridgehead atoms. The molecule has 4 heterocycles. The molecule has 1 aliphatic heterocycles. The molecule has 0 spiro atoms. The molecule has 3 aromatic rings. The minimum atomic E-state index is 0.793. The highest BCUT2D eigenvalue weighted by atomic mass is 16.5. The highest BCUT2D eigenvalue weighted by molar-refractivity contribution is 5.76. The van der Waals surface area contributed by atoms with Crippen molar-refractivity contribution in [3.05, 3.63) is 68.8 Å².